The van der Waals surface area contributed by atoms with Crippen LogP contribution in [0.1, 0.15) is 33.1 Å². The lowest BCUT2D eigenvalue weighted by Crippen LogP contribution is -2.40. The molecule has 104 valence electrons. The fourth-order valence-corrected chi connectivity index (χ4v) is 4.62. The molecule has 0 aliphatic carbocycles. The smallest absolute Gasteiger partial charge is 0.334 e. The van der Waals surface area contributed by atoms with Crippen molar-refractivity contribution in [3.8, 4) is 0 Å². The Hall–Kier alpha value is -0.723. The third-order valence-electron chi connectivity index (χ3n) is 3.07. The van der Waals surface area contributed by atoms with Gasteiger partial charge >= 0.3 is 8.56 Å². The van der Waals surface area contributed by atoms with Crippen LogP contribution in [0, 0.1) is 0 Å². The molecule has 5 nitrogen and oxygen atoms in total. The van der Waals surface area contributed by atoms with Crippen molar-refractivity contribution in [1.82, 2.24) is 4.90 Å². The number of nitrogens with zero attached hydrogens (tertiary/aromatic N) is 1. The average molecular weight is 273 g/mol. The number of likely N-dealkylation sites (tertiary alicyclic amines) is 1. The third kappa shape index (κ3) is 4.19. The maximum atomic E-state index is 11.4. The highest BCUT2D eigenvalue weighted by Crippen LogP contribution is 2.18. The van der Waals surface area contributed by atoms with E-state index >= 15 is 0 Å². The first-order valence-corrected chi connectivity index (χ1v) is 9.16. The second kappa shape index (κ2) is 7.01. The van der Waals surface area contributed by atoms with Gasteiger partial charge in [0.05, 0.1) is 0 Å². The summed E-state index contributed by atoms with van der Waals surface area (Å²) in [5, 5.41) is 0. The molecule has 2 amide bonds. The largest absolute Gasteiger partial charge is 0.395 e. The van der Waals surface area contributed by atoms with Gasteiger partial charge in [0.15, 0.2) is 0 Å². The van der Waals surface area contributed by atoms with Gasteiger partial charge in [0.25, 0.3) is 0 Å². The van der Waals surface area contributed by atoms with E-state index in [4.69, 9.17) is 8.85 Å². The van der Waals surface area contributed by atoms with Gasteiger partial charge in [0, 0.05) is 32.6 Å². The minimum Gasteiger partial charge on any atom is -0.395 e. The van der Waals surface area contributed by atoms with Crippen molar-refractivity contribution >= 4 is 20.4 Å². The molecule has 0 aromatic heterocycles. The summed E-state index contributed by atoms with van der Waals surface area (Å²) in [6.07, 6.45) is 1.50. The molecule has 1 rings (SSSR count). The number of hydrogen-bond donors (Lipinski definition) is 0. The third-order valence-corrected chi connectivity index (χ3v) is 6.13. The van der Waals surface area contributed by atoms with Crippen LogP contribution in [0.25, 0.3) is 0 Å². The fourth-order valence-electron chi connectivity index (χ4n) is 2.23. The second-order valence-electron chi connectivity index (χ2n) is 4.54. The van der Waals surface area contributed by atoms with Crippen molar-refractivity contribution in [3.63, 3.8) is 0 Å². The van der Waals surface area contributed by atoms with Crippen LogP contribution in [0.4, 0.5) is 0 Å². The summed E-state index contributed by atoms with van der Waals surface area (Å²) in [6, 6.07) is 0.811. The molecule has 0 N–H and O–H groups in total. The summed E-state index contributed by atoms with van der Waals surface area (Å²) < 4.78 is 11.4. The van der Waals surface area contributed by atoms with E-state index in [-0.39, 0.29) is 11.8 Å². The van der Waals surface area contributed by atoms with Gasteiger partial charge in [0.1, 0.15) is 0 Å². The van der Waals surface area contributed by atoms with Crippen LogP contribution in [0.2, 0.25) is 12.6 Å². The molecule has 6 heteroatoms. The summed E-state index contributed by atoms with van der Waals surface area (Å²) in [4.78, 5) is 24.3. The van der Waals surface area contributed by atoms with E-state index in [1.807, 2.05) is 20.4 Å². The van der Waals surface area contributed by atoms with Crippen LogP contribution in [0.3, 0.4) is 0 Å². The molecule has 0 spiro atoms. The lowest BCUT2D eigenvalue weighted by atomic mass is 10.4. The molecule has 0 saturated carbocycles. The molecule has 1 fully saturated rings. The molecule has 0 atom stereocenters. The Morgan fingerprint density at radius 3 is 2.06 bits per heavy atom. The molecular weight excluding hydrogens is 250 g/mol. The maximum Gasteiger partial charge on any atom is 0.334 e. The minimum absolute atomic E-state index is 0.0452. The van der Waals surface area contributed by atoms with Gasteiger partial charge in [-0.25, -0.2) is 0 Å². The Labute approximate surface area is 110 Å². The maximum absolute atomic E-state index is 11.4. The Kier molecular flexibility index (Phi) is 5.97. The van der Waals surface area contributed by atoms with Gasteiger partial charge in [-0.2, -0.15) is 0 Å². The van der Waals surface area contributed by atoms with E-state index in [1.54, 1.807) is 0 Å². The summed E-state index contributed by atoms with van der Waals surface area (Å²) in [7, 11) is -2.11. The number of carbonyl (C=O) groups is 2. The summed E-state index contributed by atoms with van der Waals surface area (Å²) in [5.74, 6) is -0.0904. The highest BCUT2D eigenvalue weighted by atomic mass is 28.4. The van der Waals surface area contributed by atoms with Gasteiger partial charge in [-0.15, -0.1) is 0 Å². The molecule has 0 unspecified atom stereocenters. The average Bonchev–Trinajstić information content (AvgIpc) is 2.61. The Morgan fingerprint density at radius 1 is 1.11 bits per heavy atom. The van der Waals surface area contributed by atoms with Crippen molar-refractivity contribution in [2.45, 2.75) is 45.7 Å². The van der Waals surface area contributed by atoms with Crippen molar-refractivity contribution in [2.24, 2.45) is 0 Å². The van der Waals surface area contributed by atoms with Gasteiger partial charge in [-0.1, -0.05) is 0 Å². The van der Waals surface area contributed by atoms with Gasteiger partial charge in [-0.05, 0) is 32.9 Å². The zero-order valence-electron chi connectivity index (χ0n) is 11.5. The summed E-state index contributed by atoms with van der Waals surface area (Å²) in [6.45, 7) is 7.73. The quantitative estimate of drug-likeness (QED) is 0.498. The highest BCUT2D eigenvalue weighted by molar-refractivity contribution is 6.66. The van der Waals surface area contributed by atoms with E-state index in [0.29, 0.717) is 32.6 Å². The van der Waals surface area contributed by atoms with Crippen LogP contribution < -0.4 is 0 Å². The van der Waals surface area contributed by atoms with E-state index in [1.165, 1.54) is 4.90 Å². The van der Waals surface area contributed by atoms with Crippen LogP contribution in [0.5, 0.6) is 0 Å². The van der Waals surface area contributed by atoms with E-state index in [0.717, 1.165) is 12.5 Å². The van der Waals surface area contributed by atoms with E-state index < -0.39 is 8.56 Å². The molecule has 1 aliphatic rings. The zero-order chi connectivity index (χ0) is 13.6. The monoisotopic (exact) mass is 273 g/mol. The molecule has 0 radical (unpaired) electrons. The predicted octanol–water partition coefficient (Wildman–Crippen LogP) is 1.67. The first kappa shape index (κ1) is 15.3. The molecular formula is C12H23NO4Si. The van der Waals surface area contributed by atoms with E-state index in [9.17, 15) is 9.59 Å². The molecule has 18 heavy (non-hydrogen) atoms. The molecule has 1 aliphatic heterocycles. The molecule has 0 aromatic carbocycles. The SMILES string of the molecule is CCO[Si](C)(CCCN1C(=O)CCC1=O)OCC. The normalized spacial score (nSPS) is 16.7. The summed E-state index contributed by atoms with van der Waals surface area (Å²) >= 11 is 0. The predicted molar refractivity (Wildman–Crippen MR) is 70.2 cm³/mol. The van der Waals surface area contributed by atoms with Gasteiger partial charge in [-0.3, -0.25) is 14.5 Å². The molecule has 1 heterocycles. The number of rotatable bonds is 8. The highest BCUT2D eigenvalue weighted by Gasteiger charge is 2.32. The summed E-state index contributed by atoms with van der Waals surface area (Å²) in [5.41, 5.74) is 0. The van der Waals surface area contributed by atoms with Crippen LogP contribution in [-0.2, 0) is 18.4 Å². The van der Waals surface area contributed by atoms with Crippen molar-refractivity contribution in [3.05, 3.63) is 0 Å². The molecule has 0 bridgehead atoms. The van der Waals surface area contributed by atoms with Crippen LogP contribution in [0.15, 0.2) is 0 Å². The Balaban J connectivity index is 2.38. The lowest BCUT2D eigenvalue weighted by molar-refractivity contribution is -0.138. The molecule has 0 aromatic rings. The van der Waals surface area contributed by atoms with Gasteiger partial charge in [0.2, 0.25) is 11.8 Å². The standard InChI is InChI=1S/C12H23NO4Si/c1-4-16-18(3,17-5-2)10-6-9-13-11(14)7-8-12(13)15/h4-10H2,1-3H3. The zero-order valence-corrected chi connectivity index (χ0v) is 12.5. The van der Waals surface area contributed by atoms with Gasteiger partial charge < -0.3 is 8.85 Å². The lowest BCUT2D eigenvalue weighted by Gasteiger charge is -2.26. The number of amides is 2. The van der Waals surface area contributed by atoms with Crippen LogP contribution in [-0.4, -0.2) is 45.0 Å². The molecule has 1 saturated heterocycles. The number of carbonyl (C=O) groups excluding carboxylic acids is 2. The van der Waals surface area contributed by atoms with Crippen molar-refractivity contribution in [1.29, 1.82) is 0 Å². The van der Waals surface area contributed by atoms with E-state index in [2.05, 4.69) is 0 Å². The van der Waals surface area contributed by atoms with Crippen LogP contribution >= 0.6 is 0 Å². The second-order valence-corrected chi connectivity index (χ2v) is 7.89. The first-order chi connectivity index (χ1) is 8.52. The van der Waals surface area contributed by atoms with Crippen molar-refractivity contribution in [2.75, 3.05) is 19.8 Å². The minimum atomic E-state index is -2.11. The fraction of sp³-hybridized carbons (Fsp3) is 0.833. The Morgan fingerprint density at radius 2 is 1.61 bits per heavy atom. The van der Waals surface area contributed by atoms with Crippen molar-refractivity contribution < 1.29 is 18.4 Å². The first-order valence-electron chi connectivity index (χ1n) is 6.63. The topological polar surface area (TPSA) is 55.8 Å². The number of hydrogen-bond acceptors (Lipinski definition) is 4. The number of imide groups is 1. The Bertz CT molecular complexity index is 286.